The van der Waals surface area contributed by atoms with Crippen LogP contribution in [0.2, 0.25) is 0 Å². The van der Waals surface area contributed by atoms with Crippen LogP contribution < -0.4 is 15.4 Å². The van der Waals surface area contributed by atoms with Crippen molar-refractivity contribution in [2.24, 2.45) is 0 Å². The molecule has 1 aromatic carbocycles. The number of nitrogens with one attached hydrogen (secondary N) is 2. The Morgan fingerprint density at radius 3 is 2.26 bits per heavy atom. The zero-order valence-electron chi connectivity index (χ0n) is 20.3. The van der Waals surface area contributed by atoms with E-state index in [-0.39, 0.29) is 50.6 Å². The van der Waals surface area contributed by atoms with Gasteiger partial charge in [-0.15, -0.1) is 0 Å². The molecular weight excluding hydrogens is 444 g/mol. The number of amides is 4. The monoisotopic (exact) mass is 478 g/mol. The Labute approximate surface area is 199 Å². The molecule has 0 aromatic heterocycles. The minimum Gasteiger partial charge on any atom is -0.497 e. The molecule has 0 radical (unpaired) electrons. The number of urea groups is 1. The second-order valence-corrected chi connectivity index (χ2v) is 8.22. The molecule has 188 valence electrons. The summed E-state index contributed by atoms with van der Waals surface area (Å²) in [6, 6.07) is 4.70. The number of methoxy groups -OCH3 is 3. The van der Waals surface area contributed by atoms with Gasteiger partial charge in [0.05, 0.1) is 20.8 Å². The largest absolute Gasteiger partial charge is 0.497 e. The minimum absolute atomic E-state index is 0.0176. The van der Waals surface area contributed by atoms with Crippen LogP contribution in [0.25, 0.3) is 0 Å². The van der Waals surface area contributed by atoms with Gasteiger partial charge < -0.3 is 34.6 Å². The lowest BCUT2D eigenvalue weighted by molar-refractivity contribution is -0.149. The van der Waals surface area contributed by atoms with Gasteiger partial charge in [0.25, 0.3) is 0 Å². The Morgan fingerprint density at radius 1 is 1.03 bits per heavy atom. The normalized spacial score (nSPS) is 16.6. The molecule has 11 nitrogen and oxygen atoms in total. The van der Waals surface area contributed by atoms with Crippen molar-refractivity contribution in [1.29, 1.82) is 0 Å². The number of nitrogens with zero attached hydrogens (tertiary/aromatic N) is 2. The van der Waals surface area contributed by atoms with Crippen molar-refractivity contribution in [3.05, 3.63) is 29.8 Å². The average Bonchev–Trinajstić information content (AvgIpc) is 2.82. The standard InChI is InChI=1S/C23H34N4O7/c1-15(2)24-23(31)26-10-11-27(20(28)14-32-3)19(13-26)21(29)25-18(22(30)34-5)12-16-6-8-17(33-4)9-7-16/h6-9,15,18-19H,10-14H2,1-5H3,(H,24,31)(H,25,29). The molecule has 0 bridgehead atoms. The smallest absolute Gasteiger partial charge is 0.328 e. The number of ether oxygens (including phenoxy) is 3. The van der Waals surface area contributed by atoms with Gasteiger partial charge in [-0.3, -0.25) is 9.59 Å². The number of rotatable bonds is 9. The number of carbonyl (C=O) groups is 4. The Hall–Kier alpha value is -3.34. The van der Waals surface area contributed by atoms with Crippen LogP contribution in [0.5, 0.6) is 5.75 Å². The second kappa shape index (κ2) is 12.8. The number of benzene rings is 1. The molecule has 1 aliphatic rings. The Bertz CT molecular complexity index is 859. The predicted octanol–water partition coefficient (Wildman–Crippen LogP) is 0.173. The molecule has 1 aromatic rings. The van der Waals surface area contributed by atoms with E-state index >= 15 is 0 Å². The fourth-order valence-corrected chi connectivity index (χ4v) is 3.64. The van der Waals surface area contributed by atoms with E-state index in [1.54, 1.807) is 31.4 Å². The molecule has 2 unspecified atom stereocenters. The van der Waals surface area contributed by atoms with Crippen LogP contribution in [0, 0.1) is 0 Å². The van der Waals surface area contributed by atoms with Crippen LogP contribution in [0.15, 0.2) is 24.3 Å². The van der Waals surface area contributed by atoms with Gasteiger partial charge in [-0.2, -0.15) is 0 Å². The molecule has 1 aliphatic heterocycles. The molecule has 0 saturated carbocycles. The van der Waals surface area contributed by atoms with Crippen molar-refractivity contribution in [3.8, 4) is 5.75 Å². The third-order valence-corrected chi connectivity index (χ3v) is 5.37. The predicted molar refractivity (Wildman–Crippen MR) is 123 cm³/mol. The quantitative estimate of drug-likeness (QED) is 0.485. The molecule has 2 N–H and O–H groups in total. The number of esters is 1. The highest BCUT2D eigenvalue weighted by Gasteiger charge is 2.38. The summed E-state index contributed by atoms with van der Waals surface area (Å²) in [5.74, 6) is -0.896. The first kappa shape index (κ1) is 26.9. The maximum atomic E-state index is 13.3. The van der Waals surface area contributed by atoms with Crippen LogP contribution >= 0.6 is 0 Å². The summed E-state index contributed by atoms with van der Waals surface area (Å²) in [4.78, 5) is 53.7. The van der Waals surface area contributed by atoms with Crippen LogP contribution in [0.1, 0.15) is 19.4 Å². The van der Waals surface area contributed by atoms with Crippen LogP contribution in [-0.4, -0.2) is 99.3 Å². The van der Waals surface area contributed by atoms with Crippen molar-refractivity contribution in [2.75, 3.05) is 47.6 Å². The highest BCUT2D eigenvalue weighted by molar-refractivity contribution is 5.92. The fraction of sp³-hybridized carbons (Fsp3) is 0.565. The molecule has 1 saturated heterocycles. The first-order valence-corrected chi connectivity index (χ1v) is 11.0. The average molecular weight is 479 g/mol. The molecule has 1 heterocycles. The number of hydrogen-bond acceptors (Lipinski definition) is 7. The van der Waals surface area contributed by atoms with Crippen molar-refractivity contribution >= 4 is 23.8 Å². The third-order valence-electron chi connectivity index (χ3n) is 5.37. The van der Waals surface area contributed by atoms with Gasteiger partial charge in [0.2, 0.25) is 11.8 Å². The van der Waals surface area contributed by atoms with Gasteiger partial charge in [-0.05, 0) is 31.5 Å². The van der Waals surface area contributed by atoms with Gasteiger partial charge in [0.15, 0.2) is 0 Å². The first-order valence-electron chi connectivity index (χ1n) is 11.0. The summed E-state index contributed by atoms with van der Waals surface area (Å²) >= 11 is 0. The number of piperazine rings is 1. The van der Waals surface area contributed by atoms with Gasteiger partial charge >= 0.3 is 12.0 Å². The minimum atomic E-state index is -0.989. The topological polar surface area (TPSA) is 127 Å². The van der Waals surface area contributed by atoms with E-state index in [0.29, 0.717) is 5.75 Å². The summed E-state index contributed by atoms with van der Waals surface area (Å²) in [6.07, 6.45) is 0.179. The van der Waals surface area contributed by atoms with E-state index in [1.165, 1.54) is 24.0 Å². The van der Waals surface area contributed by atoms with Gasteiger partial charge in [0, 0.05) is 32.7 Å². The molecule has 34 heavy (non-hydrogen) atoms. The van der Waals surface area contributed by atoms with Gasteiger partial charge in [-0.1, -0.05) is 12.1 Å². The summed E-state index contributed by atoms with van der Waals surface area (Å²) in [7, 11) is 4.18. The highest BCUT2D eigenvalue weighted by Crippen LogP contribution is 2.15. The molecule has 2 rings (SSSR count). The Morgan fingerprint density at radius 2 is 1.71 bits per heavy atom. The van der Waals surface area contributed by atoms with Crippen molar-refractivity contribution in [1.82, 2.24) is 20.4 Å². The molecular formula is C23H34N4O7. The van der Waals surface area contributed by atoms with Crippen molar-refractivity contribution in [3.63, 3.8) is 0 Å². The molecule has 0 aliphatic carbocycles. The number of hydrogen-bond donors (Lipinski definition) is 2. The molecule has 2 atom stereocenters. The fourth-order valence-electron chi connectivity index (χ4n) is 3.64. The highest BCUT2D eigenvalue weighted by atomic mass is 16.5. The lowest BCUT2D eigenvalue weighted by Crippen LogP contribution is -2.64. The summed E-state index contributed by atoms with van der Waals surface area (Å²) < 4.78 is 15.0. The van der Waals surface area contributed by atoms with E-state index in [1.807, 2.05) is 13.8 Å². The SMILES string of the molecule is COCC(=O)N1CCN(C(=O)NC(C)C)CC1C(=O)NC(Cc1ccc(OC)cc1)C(=O)OC. The Balaban J connectivity index is 2.21. The summed E-state index contributed by atoms with van der Waals surface area (Å²) in [5, 5.41) is 5.50. The maximum Gasteiger partial charge on any atom is 0.328 e. The van der Waals surface area contributed by atoms with Crippen LogP contribution in [-0.2, 0) is 30.3 Å². The lowest BCUT2D eigenvalue weighted by Gasteiger charge is -2.41. The van der Waals surface area contributed by atoms with E-state index in [0.717, 1.165) is 5.56 Å². The third kappa shape index (κ3) is 7.34. The van der Waals surface area contributed by atoms with Gasteiger partial charge in [-0.25, -0.2) is 9.59 Å². The zero-order chi connectivity index (χ0) is 25.3. The zero-order valence-corrected chi connectivity index (χ0v) is 20.3. The van der Waals surface area contributed by atoms with Crippen molar-refractivity contribution in [2.45, 2.75) is 38.4 Å². The first-order chi connectivity index (χ1) is 16.2. The Kier molecular flexibility index (Phi) is 10.1. The van der Waals surface area contributed by atoms with Gasteiger partial charge in [0.1, 0.15) is 24.4 Å². The molecule has 1 fully saturated rings. The van der Waals surface area contributed by atoms with Crippen LogP contribution in [0.4, 0.5) is 4.79 Å². The maximum absolute atomic E-state index is 13.3. The lowest BCUT2D eigenvalue weighted by atomic mass is 10.0. The molecule has 11 heteroatoms. The van der Waals surface area contributed by atoms with E-state index in [2.05, 4.69) is 10.6 Å². The van der Waals surface area contributed by atoms with Crippen molar-refractivity contribution < 1.29 is 33.4 Å². The van der Waals surface area contributed by atoms with E-state index < -0.39 is 24.0 Å². The van der Waals surface area contributed by atoms with Crippen LogP contribution in [0.3, 0.4) is 0 Å². The molecule has 0 spiro atoms. The van der Waals surface area contributed by atoms with E-state index in [9.17, 15) is 19.2 Å². The second-order valence-electron chi connectivity index (χ2n) is 8.22. The molecule has 4 amide bonds. The van der Waals surface area contributed by atoms with E-state index in [4.69, 9.17) is 14.2 Å². The number of carbonyl (C=O) groups excluding carboxylic acids is 4. The summed E-state index contributed by atoms with van der Waals surface area (Å²) in [6.45, 7) is 3.88. The summed E-state index contributed by atoms with van der Waals surface area (Å²) in [5.41, 5.74) is 0.783.